The van der Waals surface area contributed by atoms with Gasteiger partial charge in [-0.3, -0.25) is 0 Å². The fraction of sp³-hybridized carbons (Fsp3) is 0.722. The van der Waals surface area contributed by atoms with E-state index in [0.29, 0.717) is 12.1 Å². The Balaban J connectivity index is 2.79. The van der Waals surface area contributed by atoms with Gasteiger partial charge in [0, 0.05) is 31.4 Å². The molecular weight excluding hydrogens is 258 g/mol. The maximum atomic E-state index is 4.74. The van der Waals surface area contributed by atoms with E-state index in [0.717, 1.165) is 18.9 Å². The monoisotopic (exact) mass is 291 g/mol. The maximum absolute atomic E-state index is 4.74. The molecule has 1 N–H and O–H groups in total. The molecule has 120 valence electrons. The van der Waals surface area contributed by atoms with Gasteiger partial charge in [-0.2, -0.15) is 0 Å². The van der Waals surface area contributed by atoms with Crippen LogP contribution in [0.15, 0.2) is 12.3 Å². The highest BCUT2D eigenvalue weighted by molar-refractivity contribution is 5.48. The Bertz CT molecular complexity index is 413. The summed E-state index contributed by atoms with van der Waals surface area (Å²) in [6, 6.07) is 3.27. The van der Waals surface area contributed by atoms with E-state index in [-0.39, 0.29) is 0 Å². The number of aromatic nitrogens is 1. The summed E-state index contributed by atoms with van der Waals surface area (Å²) >= 11 is 0. The third-order valence-electron chi connectivity index (χ3n) is 3.72. The van der Waals surface area contributed by atoms with E-state index in [2.05, 4.69) is 57.8 Å². The summed E-state index contributed by atoms with van der Waals surface area (Å²) in [4.78, 5) is 7.18. The SMILES string of the molecule is CCCCCN(c1ncc(CNC(C)C)cc1C)C(C)C. The lowest BCUT2D eigenvalue weighted by molar-refractivity contribution is 0.586. The van der Waals surface area contributed by atoms with Crippen molar-refractivity contribution in [1.29, 1.82) is 0 Å². The average molecular weight is 291 g/mol. The largest absolute Gasteiger partial charge is 0.354 e. The minimum atomic E-state index is 0.493. The van der Waals surface area contributed by atoms with Crippen LogP contribution in [0.3, 0.4) is 0 Å². The highest BCUT2D eigenvalue weighted by Crippen LogP contribution is 2.21. The van der Waals surface area contributed by atoms with Crippen LogP contribution in [-0.4, -0.2) is 23.6 Å². The first-order valence-corrected chi connectivity index (χ1v) is 8.41. The topological polar surface area (TPSA) is 28.2 Å². The summed E-state index contributed by atoms with van der Waals surface area (Å²) in [5.74, 6) is 1.15. The molecule has 0 spiro atoms. The molecule has 0 amide bonds. The van der Waals surface area contributed by atoms with Crippen molar-refractivity contribution in [2.24, 2.45) is 0 Å². The van der Waals surface area contributed by atoms with E-state index in [1.165, 1.54) is 30.4 Å². The summed E-state index contributed by atoms with van der Waals surface area (Å²) in [7, 11) is 0. The second-order valence-electron chi connectivity index (χ2n) is 6.51. The standard InChI is InChI=1S/C18H33N3/c1-7-8-9-10-21(15(4)5)18-16(6)11-17(13-20-18)12-19-14(2)3/h11,13-15,19H,7-10,12H2,1-6H3. The molecule has 0 saturated heterocycles. The lowest BCUT2D eigenvalue weighted by atomic mass is 10.1. The Kier molecular flexibility index (Phi) is 7.73. The normalized spacial score (nSPS) is 11.4. The van der Waals surface area contributed by atoms with Crippen LogP contribution in [0.25, 0.3) is 0 Å². The van der Waals surface area contributed by atoms with Gasteiger partial charge in [-0.1, -0.05) is 33.6 Å². The molecule has 0 unspecified atom stereocenters. The zero-order valence-electron chi connectivity index (χ0n) is 14.7. The van der Waals surface area contributed by atoms with Crippen molar-refractivity contribution in [3.8, 4) is 0 Å². The van der Waals surface area contributed by atoms with Gasteiger partial charge >= 0.3 is 0 Å². The van der Waals surface area contributed by atoms with Crippen molar-refractivity contribution < 1.29 is 0 Å². The van der Waals surface area contributed by atoms with Crippen LogP contribution in [-0.2, 0) is 6.54 Å². The predicted octanol–water partition coefficient (Wildman–Crippen LogP) is 4.29. The summed E-state index contributed by atoms with van der Waals surface area (Å²) in [6.07, 6.45) is 5.82. The van der Waals surface area contributed by atoms with Crippen molar-refractivity contribution >= 4 is 5.82 Å². The molecule has 1 aromatic heterocycles. The van der Waals surface area contributed by atoms with Gasteiger partial charge in [0.15, 0.2) is 0 Å². The average Bonchev–Trinajstić information content (AvgIpc) is 2.42. The molecule has 3 nitrogen and oxygen atoms in total. The van der Waals surface area contributed by atoms with Crippen LogP contribution < -0.4 is 10.2 Å². The number of aryl methyl sites for hydroxylation is 1. The predicted molar refractivity (Wildman–Crippen MR) is 93.0 cm³/mol. The van der Waals surface area contributed by atoms with E-state index in [1.807, 2.05) is 6.20 Å². The Morgan fingerprint density at radius 2 is 1.90 bits per heavy atom. The van der Waals surface area contributed by atoms with Gasteiger partial charge in [0.05, 0.1) is 0 Å². The molecule has 0 aromatic carbocycles. The smallest absolute Gasteiger partial charge is 0.131 e. The Morgan fingerprint density at radius 1 is 1.19 bits per heavy atom. The highest BCUT2D eigenvalue weighted by Gasteiger charge is 2.14. The first-order chi connectivity index (χ1) is 9.95. The van der Waals surface area contributed by atoms with E-state index >= 15 is 0 Å². The second kappa shape index (κ2) is 9.04. The molecule has 1 aromatic rings. The summed E-state index contributed by atoms with van der Waals surface area (Å²) in [6.45, 7) is 15.3. The van der Waals surface area contributed by atoms with Crippen LogP contribution in [0, 0.1) is 6.92 Å². The molecular formula is C18H33N3. The molecule has 0 saturated carbocycles. The maximum Gasteiger partial charge on any atom is 0.131 e. The number of nitrogens with one attached hydrogen (secondary N) is 1. The molecule has 0 bridgehead atoms. The van der Waals surface area contributed by atoms with Crippen molar-refractivity contribution in [2.75, 3.05) is 11.4 Å². The van der Waals surface area contributed by atoms with Crippen molar-refractivity contribution in [3.63, 3.8) is 0 Å². The third kappa shape index (κ3) is 6.04. The molecule has 0 aliphatic rings. The zero-order valence-corrected chi connectivity index (χ0v) is 14.7. The molecule has 0 radical (unpaired) electrons. The van der Waals surface area contributed by atoms with E-state index in [9.17, 15) is 0 Å². The molecule has 21 heavy (non-hydrogen) atoms. The molecule has 0 aliphatic carbocycles. The number of rotatable bonds is 9. The molecule has 3 heteroatoms. The highest BCUT2D eigenvalue weighted by atomic mass is 15.2. The summed E-state index contributed by atoms with van der Waals surface area (Å²) in [5.41, 5.74) is 2.55. The van der Waals surface area contributed by atoms with Gasteiger partial charge in [-0.25, -0.2) is 4.98 Å². The molecule has 1 heterocycles. The van der Waals surface area contributed by atoms with Crippen molar-refractivity contribution in [2.45, 2.75) is 79.4 Å². The van der Waals surface area contributed by atoms with Crippen LogP contribution >= 0.6 is 0 Å². The minimum Gasteiger partial charge on any atom is -0.354 e. The van der Waals surface area contributed by atoms with Crippen LogP contribution in [0.5, 0.6) is 0 Å². The number of hydrogen-bond acceptors (Lipinski definition) is 3. The van der Waals surface area contributed by atoms with Gasteiger partial charge < -0.3 is 10.2 Å². The van der Waals surface area contributed by atoms with E-state index in [1.54, 1.807) is 0 Å². The quantitative estimate of drug-likeness (QED) is 0.688. The summed E-state index contributed by atoms with van der Waals surface area (Å²) in [5, 5.41) is 3.45. The second-order valence-corrected chi connectivity index (χ2v) is 6.51. The first-order valence-electron chi connectivity index (χ1n) is 8.41. The minimum absolute atomic E-state index is 0.493. The van der Waals surface area contributed by atoms with Crippen LogP contribution in [0.4, 0.5) is 5.82 Å². The number of hydrogen-bond donors (Lipinski definition) is 1. The molecule has 0 fully saturated rings. The molecule has 1 rings (SSSR count). The van der Waals surface area contributed by atoms with Gasteiger partial charge in [0.2, 0.25) is 0 Å². The molecule has 0 atom stereocenters. The Hall–Kier alpha value is -1.09. The van der Waals surface area contributed by atoms with Crippen molar-refractivity contribution in [1.82, 2.24) is 10.3 Å². The number of unbranched alkanes of at least 4 members (excludes halogenated alkanes) is 2. The number of nitrogens with zero attached hydrogens (tertiary/aromatic N) is 2. The van der Waals surface area contributed by atoms with Gasteiger partial charge in [-0.05, 0) is 44.4 Å². The Labute approximate surface area is 131 Å². The lowest BCUT2D eigenvalue weighted by Crippen LogP contribution is -2.33. The Morgan fingerprint density at radius 3 is 2.43 bits per heavy atom. The number of anilines is 1. The fourth-order valence-electron chi connectivity index (χ4n) is 2.49. The first kappa shape index (κ1) is 18.0. The number of pyridine rings is 1. The van der Waals surface area contributed by atoms with E-state index < -0.39 is 0 Å². The third-order valence-corrected chi connectivity index (χ3v) is 3.72. The zero-order chi connectivity index (χ0) is 15.8. The molecule has 0 aliphatic heterocycles. The van der Waals surface area contributed by atoms with Crippen LogP contribution in [0.2, 0.25) is 0 Å². The van der Waals surface area contributed by atoms with Gasteiger partial charge in [-0.15, -0.1) is 0 Å². The van der Waals surface area contributed by atoms with Gasteiger partial charge in [0.1, 0.15) is 5.82 Å². The lowest BCUT2D eigenvalue weighted by Gasteiger charge is -2.29. The summed E-state index contributed by atoms with van der Waals surface area (Å²) < 4.78 is 0. The van der Waals surface area contributed by atoms with Gasteiger partial charge in [0.25, 0.3) is 0 Å². The van der Waals surface area contributed by atoms with E-state index in [4.69, 9.17) is 4.98 Å². The van der Waals surface area contributed by atoms with Crippen molar-refractivity contribution in [3.05, 3.63) is 23.4 Å². The van der Waals surface area contributed by atoms with Crippen LogP contribution in [0.1, 0.15) is 65.0 Å². The fourth-order valence-corrected chi connectivity index (χ4v) is 2.49.